The summed E-state index contributed by atoms with van der Waals surface area (Å²) in [5, 5.41) is 34.8. The van der Waals surface area contributed by atoms with Crippen LogP contribution in [0.4, 0.5) is 22.2 Å². The second-order valence-corrected chi connectivity index (χ2v) is 20.2. The van der Waals surface area contributed by atoms with Crippen LogP contribution >= 0.6 is 11.3 Å². The minimum absolute atomic E-state index is 0.0418. The third-order valence-electron chi connectivity index (χ3n) is 12.7. The molecule has 1 aliphatic heterocycles. The third-order valence-corrected chi connectivity index (χ3v) is 13.7. The van der Waals surface area contributed by atoms with Crippen LogP contribution in [0.15, 0.2) is 60.4 Å². The number of aryl methyl sites for hydroxylation is 1. The minimum atomic E-state index is -1.11. The largest absolute Gasteiger partial charge is 0.497 e. The van der Waals surface area contributed by atoms with Crippen LogP contribution in [0.1, 0.15) is 74.5 Å². The summed E-state index contributed by atoms with van der Waals surface area (Å²) in [6, 6.07) is 10.4. The number of benzene rings is 2. The minimum Gasteiger partial charge on any atom is -0.497 e. The number of aliphatic hydroxyl groups excluding tert-OH is 1. The Morgan fingerprint density at radius 1 is 0.920 bits per heavy atom. The fraction of sp³-hybridized carbons (Fsp3) is 0.490. The molecule has 7 rings (SSSR count). The number of likely N-dealkylation sites (tertiary alicyclic amines) is 1. The van der Waals surface area contributed by atoms with Gasteiger partial charge in [0.05, 0.1) is 68.4 Å². The zero-order valence-electron chi connectivity index (χ0n) is 42.8. The number of amides is 5. The number of methoxy groups -OCH3 is 1. The molecule has 0 radical (unpaired) electrons. The average Bonchev–Trinajstić information content (AvgIpc) is 4.15. The lowest BCUT2D eigenvalue weighted by atomic mass is 9.85. The molecule has 2 aromatic carbocycles. The van der Waals surface area contributed by atoms with E-state index in [1.54, 1.807) is 45.6 Å². The van der Waals surface area contributed by atoms with E-state index >= 15 is 0 Å². The first-order chi connectivity index (χ1) is 36.0. The number of carbonyl (C=O) groups is 5. The first-order valence-corrected chi connectivity index (χ1v) is 25.7. The Bertz CT molecular complexity index is 2770. The van der Waals surface area contributed by atoms with Crippen molar-refractivity contribution in [1.82, 2.24) is 40.2 Å². The molecule has 75 heavy (non-hydrogen) atoms. The lowest BCUT2D eigenvalue weighted by Crippen LogP contribution is -2.58. The number of fused-ring (bicyclic) bond motifs is 1. The highest BCUT2D eigenvalue weighted by atomic mass is 32.1. The Morgan fingerprint density at radius 3 is 2.28 bits per heavy atom. The van der Waals surface area contributed by atoms with E-state index in [-0.39, 0.29) is 94.9 Å². The van der Waals surface area contributed by atoms with Crippen LogP contribution < -0.4 is 41.8 Å². The number of carbonyl (C=O) groups excluding carboxylic acids is 4. The maximum Gasteiger partial charge on any atom is 0.404 e. The van der Waals surface area contributed by atoms with Gasteiger partial charge in [-0.15, -0.1) is 11.3 Å². The van der Waals surface area contributed by atoms with Gasteiger partial charge in [0.1, 0.15) is 42.4 Å². The number of carboxylic acid groups (broad SMARTS) is 1. The van der Waals surface area contributed by atoms with Crippen LogP contribution in [0.25, 0.3) is 16.1 Å². The van der Waals surface area contributed by atoms with Crippen molar-refractivity contribution in [2.24, 2.45) is 11.1 Å². The van der Waals surface area contributed by atoms with Gasteiger partial charge in [-0.3, -0.25) is 23.6 Å². The van der Waals surface area contributed by atoms with Crippen LogP contribution in [0.3, 0.4) is 0 Å². The van der Waals surface area contributed by atoms with Crippen molar-refractivity contribution in [3.05, 3.63) is 77.2 Å². The number of aliphatic hydroxyl groups is 1. The topological polar surface area (TPSA) is 304 Å². The number of imidazole rings is 1. The molecule has 1 saturated heterocycles. The molecule has 0 unspecified atom stereocenters. The van der Waals surface area contributed by atoms with Gasteiger partial charge in [0.2, 0.25) is 23.7 Å². The van der Waals surface area contributed by atoms with E-state index in [0.29, 0.717) is 36.0 Å². The normalized spacial score (nSPS) is 18.0. The molecule has 1 aliphatic carbocycles. The highest BCUT2D eigenvalue weighted by Crippen LogP contribution is 2.33. The van der Waals surface area contributed by atoms with E-state index in [2.05, 4.69) is 36.6 Å². The number of aromatic nitrogens is 4. The van der Waals surface area contributed by atoms with Gasteiger partial charge in [-0.2, -0.15) is 4.98 Å². The summed E-state index contributed by atoms with van der Waals surface area (Å²) in [5.41, 5.74) is 10.6. The second kappa shape index (κ2) is 25.9. The number of hydrogen-bond acceptors (Lipinski definition) is 17. The SMILES string of the molecule is COc1cc(Nc2nc(N[C@H]3CCCC[C@H]3NC(=O)O)n3ccnc3c2C(N)=O)cc(OCCOCCOCCOCC(=O)N[C@H](C(=O)N2C[C@H](O)C[C@H]2C(=O)NCc2ccc(-c3scnc3C)cc2)C(C)(C)C)c1. The van der Waals surface area contributed by atoms with Crippen LogP contribution in [0.5, 0.6) is 11.5 Å². The van der Waals surface area contributed by atoms with Gasteiger partial charge in [-0.1, -0.05) is 57.9 Å². The number of rotatable bonds is 25. The lowest BCUT2D eigenvalue weighted by molar-refractivity contribution is -0.144. The predicted molar refractivity (Wildman–Crippen MR) is 278 cm³/mol. The Labute approximate surface area is 438 Å². The van der Waals surface area contributed by atoms with E-state index in [1.165, 1.54) is 18.2 Å². The quantitative estimate of drug-likeness (QED) is 0.0379. The van der Waals surface area contributed by atoms with Gasteiger partial charge in [0.15, 0.2) is 11.5 Å². The number of anilines is 3. The van der Waals surface area contributed by atoms with Crippen molar-refractivity contribution in [1.29, 1.82) is 0 Å². The van der Waals surface area contributed by atoms with E-state index in [1.807, 2.05) is 52.0 Å². The molecule has 5 atom stereocenters. The Kier molecular flexibility index (Phi) is 19.2. The molecule has 5 amide bonds. The fourth-order valence-corrected chi connectivity index (χ4v) is 9.80. The van der Waals surface area contributed by atoms with Crippen molar-refractivity contribution in [2.75, 3.05) is 70.5 Å². The molecule has 2 aliphatic rings. The van der Waals surface area contributed by atoms with Crippen molar-refractivity contribution in [3.8, 4) is 21.9 Å². The smallest absolute Gasteiger partial charge is 0.404 e. The summed E-state index contributed by atoms with van der Waals surface area (Å²) in [6.45, 7) is 8.40. The first kappa shape index (κ1) is 55.6. The standard InChI is InChI=1S/C51H67N11O12S/c1-30-42(75-29-55-30)32-12-10-31(11-13-32)26-54-47(66)39-24-34(63)27-62(39)48(67)43(51(2,3)4)59-40(64)28-73-19-18-71-16-17-72-20-21-74-36-23-33(22-35(25-36)70-5)56-45-41(44(52)65)46-53-14-15-61(46)49(60-45)57-37-8-6-7-9-38(37)58-50(68)69/h10-15,22-23,25,29,34,37-39,43,56,58,63H,6-9,16-21,24,26-28H2,1-5H3,(H2,52,65)(H,54,66)(H,57,60)(H,59,64)(H,68,69)/t34-,37+,38-,39+,43-/m1/s1. The second-order valence-electron chi connectivity index (χ2n) is 19.3. The van der Waals surface area contributed by atoms with Crippen LogP contribution in [-0.4, -0.2) is 154 Å². The maximum atomic E-state index is 14.0. The number of β-amino-alcohol motifs (C(OH)–C–C–N with tert-alkyl or cyclic N) is 1. The predicted octanol–water partition coefficient (Wildman–Crippen LogP) is 4.24. The summed E-state index contributed by atoms with van der Waals surface area (Å²) in [4.78, 5) is 80.7. The summed E-state index contributed by atoms with van der Waals surface area (Å²) in [7, 11) is 1.50. The number of primary amides is 1. The van der Waals surface area contributed by atoms with Crippen molar-refractivity contribution < 1.29 is 57.9 Å². The van der Waals surface area contributed by atoms with Gasteiger partial charge in [0.25, 0.3) is 5.91 Å². The van der Waals surface area contributed by atoms with Gasteiger partial charge in [-0.25, -0.2) is 14.8 Å². The number of nitrogens with one attached hydrogen (secondary N) is 5. The van der Waals surface area contributed by atoms with E-state index < -0.39 is 53.3 Å². The molecule has 2 fully saturated rings. The fourth-order valence-electron chi connectivity index (χ4n) is 8.99. The van der Waals surface area contributed by atoms with Gasteiger partial charge >= 0.3 is 6.09 Å². The van der Waals surface area contributed by atoms with E-state index in [4.69, 9.17) is 34.4 Å². The number of nitrogens with zero attached hydrogens (tertiary/aromatic N) is 5. The molecule has 9 N–H and O–H groups in total. The van der Waals surface area contributed by atoms with Crippen LogP contribution in [-0.2, 0) is 35.1 Å². The molecule has 24 heteroatoms. The van der Waals surface area contributed by atoms with Gasteiger partial charge in [0, 0.05) is 61.8 Å². The van der Waals surface area contributed by atoms with Crippen molar-refractivity contribution >= 4 is 64.2 Å². The number of thiazole rings is 1. The third kappa shape index (κ3) is 15.0. The summed E-state index contributed by atoms with van der Waals surface area (Å²) in [6.07, 6.45) is 4.37. The van der Waals surface area contributed by atoms with Gasteiger partial charge in [-0.05, 0) is 36.3 Å². The molecule has 4 heterocycles. The summed E-state index contributed by atoms with van der Waals surface area (Å²) < 4.78 is 29.9. The molecule has 0 spiro atoms. The molecule has 23 nitrogen and oxygen atoms in total. The highest BCUT2D eigenvalue weighted by molar-refractivity contribution is 7.13. The van der Waals surface area contributed by atoms with Crippen LogP contribution in [0.2, 0.25) is 0 Å². The number of ether oxygens (including phenoxy) is 5. The molecular weight excluding hydrogens is 991 g/mol. The van der Waals surface area contributed by atoms with E-state index in [9.17, 15) is 34.2 Å². The van der Waals surface area contributed by atoms with Gasteiger partial charge < -0.3 is 71.1 Å². The van der Waals surface area contributed by atoms with Crippen molar-refractivity contribution in [2.45, 2.75) is 96.6 Å². The Morgan fingerprint density at radius 2 is 1.61 bits per heavy atom. The number of hydrogen-bond donors (Lipinski definition) is 8. The Hall–Kier alpha value is -7.12. The first-order valence-electron chi connectivity index (χ1n) is 24.8. The van der Waals surface area contributed by atoms with Crippen LogP contribution in [0, 0.1) is 12.3 Å². The number of nitrogens with two attached hydrogens (primary N) is 1. The molecule has 1 saturated carbocycles. The molecular formula is C51H67N11O12S. The molecule has 5 aromatic rings. The highest BCUT2D eigenvalue weighted by Gasteiger charge is 2.44. The zero-order valence-corrected chi connectivity index (χ0v) is 43.6. The van der Waals surface area contributed by atoms with E-state index in [0.717, 1.165) is 34.5 Å². The molecule has 404 valence electrons. The Balaban J connectivity index is 0.817. The zero-order chi connectivity index (χ0) is 53.6. The summed E-state index contributed by atoms with van der Waals surface area (Å²) >= 11 is 1.56. The van der Waals surface area contributed by atoms with Crippen molar-refractivity contribution in [3.63, 3.8) is 0 Å². The maximum absolute atomic E-state index is 14.0. The average molecular weight is 1060 g/mol. The lowest BCUT2D eigenvalue weighted by Gasteiger charge is -2.35. The molecule has 0 bridgehead atoms. The monoisotopic (exact) mass is 1060 g/mol. The summed E-state index contributed by atoms with van der Waals surface area (Å²) in [5.74, 6) is -0.804. The molecule has 3 aromatic heterocycles.